The van der Waals surface area contributed by atoms with Crippen LogP contribution in [-0.4, -0.2) is 112 Å². The SMILES string of the molecule is CC(C)(CN(CC(C)(C)NC(=O)CCC(O)CN)CC(C)(C)NC(=O)CCC(O)CN)NC(=O)CCC(O)CN. The van der Waals surface area contributed by atoms with Crippen molar-refractivity contribution in [2.75, 3.05) is 39.3 Å². The number of hydrogen-bond acceptors (Lipinski definition) is 10. The summed E-state index contributed by atoms with van der Waals surface area (Å²) < 4.78 is 0. The molecular weight excluding hydrogens is 518 g/mol. The highest BCUT2D eigenvalue weighted by Crippen LogP contribution is 2.17. The van der Waals surface area contributed by atoms with Gasteiger partial charge in [0.2, 0.25) is 17.7 Å². The molecule has 236 valence electrons. The minimum Gasteiger partial charge on any atom is -0.392 e. The summed E-state index contributed by atoms with van der Waals surface area (Å²) >= 11 is 0. The highest BCUT2D eigenvalue weighted by molar-refractivity contribution is 5.77. The summed E-state index contributed by atoms with van der Waals surface area (Å²) in [5, 5.41) is 38.1. The molecule has 3 unspecified atom stereocenters. The Hall–Kier alpha value is -1.87. The number of nitrogens with two attached hydrogens (primary N) is 3. The molecule has 0 aliphatic carbocycles. The molecule has 0 aromatic rings. The number of hydrogen-bond donors (Lipinski definition) is 9. The van der Waals surface area contributed by atoms with Crippen LogP contribution in [0.3, 0.4) is 0 Å². The van der Waals surface area contributed by atoms with Crippen molar-refractivity contribution in [3.8, 4) is 0 Å². The zero-order valence-electron chi connectivity index (χ0n) is 25.5. The Morgan fingerprint density at radius 2 is 0.800 bits per heavy atom. The van der Waals surface area contributed by atoms with Crippen molar-refractivity contribution in [3.63, 3.8) is 0 Å². The fourth-order valence-corrected chi connectivity index (χ4v) is 4.53. The summed E-state index contributed by atoms with van der Waals surface area (Å²) in [4.78, 5) is 39.8. The molecule has 0 saturated heterocycles. The van der Waals surface area contributed by atoms with Gasteiger partial charge in [0.25, 0.3) is 0 Å². The Morgan fingerprint density at radius 1 is 0.575 bits per heavy atom. The van der Waals surface area contributed by atoms with Gasteiger partial charge in [0, 0.05) is 75.1 Å². The maximum Gasteiger partial charge on any atom is 0.220 e. The van der Waals surface area contributed by atoms with Crippen LogP contribution in [0, 0.1) is 0 Å². The summed E-state index contributed by atoms with van der Waals surface area (Å²) in [6.45, 7) is 12.8. The predicted octanol–water partition coefficient (Wildman–Crippen LogP) is -1.73. The first-order valence-corrected chi connectivity index (χ1v) is 14.1. The second-order valence-electron chi connectivity index (χ2n) is 12.7. The van der Waals surface area contributed by atoms with Gasteiger partial charge in [-0.1, -0.05) is 0 Å². The summed E-state index contributed by atoms with van der Waals surface area (Å²) in [6, 6.07) is 0. The fraction of sp³-hybridized carbons (Fsp3) is 0.889. The number of rotatable bonds is 21. The lowest BCUT2D eigenvalue weighted by atomic mass is 9.96. The monoisotopic (exact) mass is 575 g/mol. The molecule has 0 aromatic heterocycles. The van der Waals surface area contributed by atoms with E-state index in [-0.39, 0.29) is 75.9 Å². The van der Waals surface area contributed by atoms with Gasteiger partial charge in [-0.25, -0.2) is 0 Å². The van der Waals surface area contributed by atoms with Crippen molar-refractivity contribution < 1.29 is 29.7 Å². The maximum atomic E-state index is 12.6. The second kappa shape index (κ2) is 17.8. The molecule has 0 fully saturated rings. The summed E-state index contributed by atoms with van der Waals surface area (Å²) in [6.07, 6.45) is -1.03. The topological polar surface area (TPSA) is 229 Å². The maximum absolute atomic E-state index is 12.6. The third-order valence-electron chi connectivity index (χ3n) is 6.22. The molecule has 0 radical (unpaired) electrons. The molecule has 0 aliphatic heterocycles. The Morgan fingerprint density at radius 3 is 1.00 bits per heavy atom. The third-order valence-corrected chi connectivity index (χ3v) is 6.22. The quantitative estimate of drug-likeness (QED) is 0.0751. The lowest BCUT2D eigenvalue weighted by molar-refractivity contribution is -0.123. The standard InChI is InChI=1S/C27H57N7O6/c1-25(2,31-22(38)10-7-19(35)13-28)16-34(17-26(3,4)32-23(39)11-8-20(36)14-29)18-27(5,6)33-24(40)12-9-21(37)15-30/h19-21,35-37H,7-18,28-30H2,1-6H3,(H,31,38)(H,32,39)(H,33,40). The summed E-state index contributed by atoms with van der Waals surface area (Å²) in [7, 11) is 0. The van der Waals surface area contributed by atoms with Crippen molar-refractivity contribution >= 4 is 17.7 Å². The first-order valence-electron chi connectivity index (χ1n) is 14.1. The molecule has 40 heavy (non-hydrogen) atoms. The molecule has 3 atom stereocenters. The molecular formula is C27H57N7O6. The van der Waals surface area contributed by atoms with E-state index in [0.29, 0.717) is 19.6 Å². The molecule has 0 aromatic carbocycles. The minimum absolute atomic E-state index is 0.0857. The lowest BCUT2D eigenvalue weighted by Crippen LogP contribution is -2.61. The Kier molecular flexibility index (Phi) is 17.0. The first-order chi connectivity index (χ1) is 18.3. The van der Waals surface area contributed by atoms with Crippen molar-refractivity contribution in [2.24, 2.45) is 17.2 Å². The smallest absolute Gasteiger partial charge is 0.220 e. The van der Waals surface area contributed by atoms with Gasteiger partial charge >= 0.3 is 0 Å². The normalized spacial score (nSPS) is 14.9. The number of aliphatic hydroxyl groups excluding tert-OH is 3. The van der Waals surface area contributed by atoms with Crippen LogP contribution in [0.2, 0.25) is 0 Å². The van der Waals surface area contributed by atoms with E-state index in [1.54, 1.807) is 0 Å². The van der Waals surface area contributed by atoms with E-state index in [9.17, 15) is 29.7 Å². The van der Waals surface area contributed by atoms with Gasteiger partial charge in [0.05, 0.1) is 18.3 Å². The van der Waals surface area contributed by atoms with E-state index < -0.39 is 34.9 Å². The number of nitrogens with zero attached hydrogens (tertiary/aromatic N) is 1. The van der Waals surface area contributed by atoms with Gasteiger partial charge in [-0.15, -0.1) is 0 Å². The molecule has 0 saturated carbocycles. The van der Waals surface area contributed by atoms with Gasteiger partial charge in [0.1, 0.15) is 0 Å². The third kappa shape index (κ3) is 18.5. The van der Waals surface area contributed by atoms with E-state index in [2.05, 4.69) is 20.9 Å². The lowest BCUT2D eigenvalue weighted by Gasteiger charge is -2.42. The minimum atomic E-state index is -0.740. The Labute approximate surface area is 240 Å². The van der Waals surface area contributed by atoms with Crippen molar-refractivity contribution in [3.05, 3.63) is 0 Å². The molecule has 0 bridgehead atoms. The number of carbonyl (C=O) groups excluding carboxylic acids is 3. The van der Waals surface area contributed by atoms with Crippen LogP contribution >= 0.6 is 0 Å². The van der Waals surface area contributed by atoms with Crippen molar-refractivity contribution in [2.45, 2.75) is 115 Å². The van der Waals surface area contributed by atoms with Crippen molar-refractivity contribution in [1.29, 1.82) is 0 Å². The van der Waals surface area contributed by atoms with Gasteiger partial charge in [-0.05, 0) is 60.8 Å². The van der Waals surface area contributed by atoms with Crippen LogP contribution < -0.4 is 33.2 Å². The molecule has 12 N–H and O–H groups in total. The van der Waals surface area contributed by atoms with Crippen LogP contribution in [0.5, 0.6) is 0 Å². The molecule has 3 amide bonds. The molecule has 13 heteroatoms. The molecule has 0 spiro atoms. The van der Waals surface area contributed by atoms with Gasteiger partial charge < -0.3 is 48.5 Å². The predicted molar refractivity (Wildman–Crippen MR) is 156 cm³/mol. The van der Waals surface area contributed by atoms with Crippen LogP contribution in [-0.2, 0) is 14.4 Å². The van der Waals surface area contributed by atoms with Crippen LogP contribution in [0.25, 0.3) is 0 Å². The molecule has 0 rings (SSSR count). The summed E-state index contributed by atoms with van der Waals surface area (Å²) in [5.41, 5.74) is 14.3. The first kappa shape index (κ1) is 38.1. The Balaban J connectivity index is 5.56. The van der Waals surface area contributed by atoms with Crippen LogP contribution in [0.4, 0.5) is 0 Å². The number of amides is 3. The molecule has 13 nitrogen and oxygen atoms in total. The largest absolute Gasteiger partial charge is 0.392 e. The van der Waals surface area contributed by atoms with E-state index in [0.717, 1.165) is 0 Å². The van der Waals surface area contributed by atoms with Gasteiger partial charge in [0.15, 0.2) is 0 Å². The average molecular weight is 576 g/mol. The summed E-state index contributed by atoms with van der Waals surface area (Å²) in [5.74, 6) is -0.640. The second-order valence-corrected chi connectivity index (χ2v) is 12.7. The Bertz CT molecular complexity index is 679. The van der Waals surface area contributed by atoms with Gasteiger partial charge in [-0.2, -0.15) is 0 Å². The van der Waals surface area contributed by atoms with E-state index in [1.807, 2.05) is 41.5 Å². The van der Waals surface area contributed by atoms with Crippen LogP contribution in [0.1, 0.15) is 80.1 Å². The molecule has 0 heterocycles. The van der Waals surface area contributed by atoms with Gasteiger partial charge in [-0.3, -0.25) is 19.3 Å². The van der Waals surface area contributed by atoms with Crippen LogP contribution in [0.15, 0.2) is 0 Å². The zero-order chi connectivity index (χ0) is 31.1. The number of aliphatic hydroxyl groups is 3. The van der Waals surface area contributed by atoms with E-state index in [4.69, 9.17) is 17.2 Å². The zero-order valence-corrected chi connectivity index (χ0v) is 25.5. The average Bonchev–Trinajstić information content (AvgIpc) is 2.82. The molecule has 0 aliphatic rings. The fourth-order valence-electron chi connectivity index (χ4n) is 4.53. The van der Waals surface area contributed by atoms with E-state index >= 15 is 0 Å². The highest BCUT2D eigenvalue weighted by Gasteiger charge is 2.33. The van der Waals surface area contributed by atoms with Crippen molar-refractivity contribution in [1.82, 2.24) is 20.9 Å². The van der Waals surface area contributed by atoms with E-state index in [1.165, 1.54) is 0 Å². The highest BCUT2D eigenvalue weighted by atomic mass is 16.3. The number of carbonyl (C=O) groups is 3. The number of nitrogens with one attached hydrogen (secondary N) is 3.